The second kappa shape index (κ2) is 15.9. The molecular formula is C46H46N8O5. The molecule has 2 atom stereocenters. The Morgan fingerprint density at radius 3 is 2.14 bits per heavy atom. The summed E-state index contributed by atoms with van der Waals surface area (Å²) in [4.78, 5) is 71.9. The van der Waals surface area contributed by atoms with E-state index in [1.165, 1.54) is 7.11 Å². The Balaban J connectivity index is 0.945. The van der Waals surface area contributed by atoms with Gasteiger partial charge in [0, 0.05) is 29.8 Å². The summed E-state index contributed by atoms with van der Waals surface area (Å²) in [6, 6.07) is 29.5. The lowest BCUT2D eigenvalue weighted by Crippen LogP contribution is -2.49. The van der Waals surface area contributed by atoms with Gasteiger partial charge in [0.15, 0.2) is 0 Å². The van der Waals surface area contributed by atoms with Gasteiger partial charge in [0.1, 0.15) is 24.2 Å². The number of likely N-dealkylation sites (tertiary alicyclic amines) is 1. The largest absolute Gasteiger partial charge is 0.453 e. The van der Waals surface area contributed by atoms with Crippen LogP contribution in [0.3, 0.4) is 0 Å². The van der Waals surface area contributed by atoms with Crippen LogP contribution >= 0.6 is 0 Å². The van der Waals surface area contributed by atoms with Crippen LogP contribution in [0.2, 0.25) is 0 Å². The highest BCUT2D eigenvalue weighted by Crippen LogP contribution is 2.36. The zero-order chi connectivity index (χ0) is 40.6. The summed E-state index contributed by atoms with van der Waals surface area (Å²) in [5.41, 5.74) is 6.38. The van der Waals surface area contributed by atoms with Gasteiger partial charge in [0.05, 0.1) is 41.8 Å². The number of imidazole rings is 2. The van der Waals surface area contributed by atoms with Gasteiger partial charge in [-0.1, -0.05) is 80.1 Å². The standard InChI is InChI=1S/C46H46N8O5/c1-3-21-53(45(57)40(27-8-5-4-6-9-27)52-44(56)28-10-7-11-28)26-38-48-35-18-14-31-23-29(12-16-33(31)41(35)50-38)30-13-17-34-32(24-30)15-19-36-42(34)51-43(49-36)37-20-22-54(37)39(55)25-47-46(58)59-2/h4-6,8-9,12-19,23-24,28,37,40H,3,7,10-11,20-22,25-26H2,1-2H3,(H,47,58)(H,48,50)(H,49,51)(H,52,56)/t37?,40-/m1/s1. The van der Waals surface area contributed by atoms with Crippen molar-refractivity contribution in [3.63, 3.8) is 0 Å². The minimum atomic E-state index is -0.767. The highest BCUT2D eigenvalue weighted by molar-refractivity contribution is 6.07. The number of benzene rings is 5. The van der Waals surface area contributed by atoms with Gasteiger partial charge in [-0.25, -0.2) is 14.8 Å². The maximum absolute atomic E-state index is 14.2. The van der Waals surface area contributed by atoms with E-state index in [9.17, 15) is 19.2 Å². The van der Waals surface area contributed by atoms with Crippen molar-refractivity contribution in [1.82, 2.24) is 40.4 Å². The summed E-state index contributed by atoms with van der Waals surface area (Å²) in [6.07, 6.45) is 3.67. The van der Waals surface area contributed by atoms with Gasteiger partial charge in [-0.2, -0.15) is 0 Å². The van der Waals surface area contributed by atoms with E-state index in [1.807, 2.05) is 49.4 Å². The van der Waals surface area contributed by atoms with E-state index >= 15 is 0 Å². The van der Waals surface area contributed by atoms with Gasteiger partial charge >= 0.3 is 6.09 Å². The Labute approximate surface area is 340 Å². The highest BCUT2D eigenvalue weighted by atomic mass is 16.5. The first-order valence-corrected chi connectivity index (χ1v) is 20.4. The molecule has 0 radical (unpaired) electrons. The smallest absolute Gasteiger partial charge is 0.407 e. The number of carbonyl (C=O) groups excluding carboxylic acids is 4. The van der Waals surface area contributed by atoms with Gasteiger partial charge < -0.3 is 35.1 Å². The molecule has 13 heteroatoms. The lowest BCUT2D eigenvalue weighted by molar-refractivity contribution is -0.139. The summed E-state index contributed by atoms with van der Waals surface area (Å²) in [6.45, 7) is 3.33. The van der Waals surface area contributed by atoms with Gasteiger partial charge in [-0.3, -0.25) is 14.4 Å². The molecule has 2 fully saturated rings. The summed E-state index contributed by atoms with van der Waals surface area (Å²) in [5, 5.41) is 9.65. The van der Waals surface area contributed by atoms with E-state index in [1.54, 1.807) is 9.80 Å². The first-order chi connectivity index (χ1) is 28.8. The molecule has 0 bridgehead atoms. The fraction of sp³-hybridized carbons (Fsp3) is 0.304. The molecule has 5 aromatic carbocycles. The first-order valence-electron chi connectivity index (χ1n) is 20.4. The number of nitrogens with zero attached hydrogens (tertiary/aromatic N) is 4. The number of nitrogens with one attached hydrogen (secondary N) is 4. The number of aromatic nitrogens is 4. The summed E-state index contributed by atoms with van der Waals surface area (Å²) in [7, 11) is 1.27. The van der Waals surface area contributed by atoms with Gasteiger partial charge in [0.25, 0.3) is 0 Å². The Morgan fingerprint density at radius 1 is 0.847 bits per heavy atom. The molecule has 4 N–H and O–H groups in total. The second-order valence-electron chi connectivity index (χ2n) is 15.6. The summed E-state index contributed by atoms with van der Waals surface area (Å²) < 4.78 is 4.59. The molecule has 2 aliphatic rings. The zero-order valence-electron chi connectivity index (χ0n) is 33.1. The SMILES string of the molecule is CCCN(Cc1nc2c(ccc3cc(-c4ccc5c(ccc6[nH]c(C7CCN7C(=O)CNC(=O)OC)nc65)c4)ccc32)[nH]1)C(=O)[C@H](NC(=O)C1CCC1)c1ccccc1. The van der Waals surface area contributed by atoms with Gasteiger partial charge in [0.2, 0.25) is 17.7 Å². The maximum Gasteiger partial charge on any atom is 0.407 e. The third kappa shape index (κ3) is 7.32. The average Bonchev–Trinajstić information content (AvgIpc) is 3.84. The van der Waals surface area contributed by atoms with Crippen LogP contribution < -0.4 is 10.6 Å². The van der Waals surface area contributed by atoms with Crippen molar-refractivity contribution >= 4 is 67.4 Å². The van der Waals surface area contributed by atoms with Crippen LogP contribution in [0.4, 0.5) is 4.79 Å². The molecule has 1 saturated heterocycles. The number of rotatable bonds is 12. The third-order valence-electron chi connectivity index (χ3n) is 11.9. The Hall–Kier alpha value is -6.76. The van der Waals surface area contributed by atoms with E-state index in [0.29, 0.717) is 18.9 Å². The Morgan fingerprint density at radius 2 is 1.53 bits per heavy atom. The third-order valence-corrected chi connectivity index (χ3v) is 11.9. The molecular weight excluding hydrogens is 745 g/mol. The minimum Gasteiger partial charge on any atom is -0.453 e. The van der Waals surface area contributed by atoms with Crippen LogP contribution in [0.5, 0.6) is 0 Å². The van der Waals surface area contributed by atoms with Crippen LogP contribution in [0.15, 0.2) is 91.0 Å². The molecule has 1 aliphatic heterocycles. The van der Waals surface area contributed by atoms with Crippen LogP contribution in [-0.2, 0) is 25.7 Å². The number of aromatic amines is 2. The van der Waals surface area contributed by atoms with Crippen LogP contribution in [0.1, 0.15) is 68.3 Å². The molecule has 59 heavy (non-hydrogen) atoms. The quantitative estimate of drug-likeness (QED) is 0.0999. The van der Waals surface area contributed by atoms with Crippen molar-refractivity contribution in [2.75, 3.05) is 26.7 Å². The van der Waals surface area contributed by atoms with Crippen LogP contribution in [0.25, 0.3) is 54.7 Å². The minimum absolute atomic E-state index is 0.0314. The van der Waals surface area contributed by atoms with Gasteiger partial charge in [-0.05, 0) is 77.4 Å². The lowest BCUT2D eigenvalue weighted by Gasteiger charge is -2.39. The van der Waals surface area contributed by atoms with E-state index in [-0.39, 0.29) is 42.8 Å². The molecule has 9 rings (SSSR count). The molecule has 4 amide bonds. The molecule has 0 spiro atoms. The predicted molar refractivity (Wildman–Crippen MR) is 226 cm³/mol. The number of hydrogen-bond donors (Lipinski definition) is 4. The fourth-order valence-electron chi connectivity index (χ4n) is 8.32. The van der Waals surface area contributed by atoms with Crippen molar-refractivity contribution in [3.05, 3.63) is 108 Å². The van der Waals surface area contributed by atoms with Crippen LogP contribution in [-0.4, -0.2) is 80.3 Å². The maximum atomic E-state index is 14.2. The molecule has 7 aromatic rings. The van der Waals surface area contributed by atoms with Crippen molar-refractivity contribution in [2.24, 2.45) is 5.92 Å². The molecule has 300 valence electrons. The number of amides is 4. The molecule has 1 saturated carbocycles. The van der Waals surface area contributed by atoms with Crippen molar-refractivity contribution in [1.29, 1.82) is 0 Å². The number of H-pyrrole nitrogens is 2. The summed E-state index contributed by atoms with van der Waals surface area (Å²) in [5.74, 6) is 0.993. The molecule has 1 aliphatic carbocycles. The number of ether oxygens (including phenoxy) is 1. The lowest BCUT2D eigenvalue weighted by atomic mass is 9.84. The number of methoxy groups -OCH3 is 1. The van der Waals surface area contributed by atoms with E-state index in [4.69, 9.17) is 9.97 Å². The fourth-order valence-corrected chi connectivity index (χ4v) is 8.32. The molecule has 2 aromatic heterocycles. The van der Waals surface area contributed by atoms with Crippen molar-refractivity contribution < 1.29 is 23.9 Å². The topological polar surface area (TPSA) is 165 Å². The number of carbonyl (C=O) groups is 4. The van der Waals surface area contributed by atoms with E-state index in [0.717, 1.165) is 98.2 Å². The number of fused-ring (bicyclic) bond motifs is 6. The van der Waals surface area contributed by atoms with E-state index in [2.05, 4.69) is 73.9 Å². The first kappa shape index (κ1) is 37.8. The Kier molecular flexibility index (Phi) is 10.2. The Bertz CT molecular complexity index is 2740. The number of alkyl carbamates (subject to hydrolysis) is 1. The molecule has 3 heterocycles. The summed E-state index contributed by atoms with van der Waals surface area (Å²) >= 11 is 0. The van der Waals surface area contributed by atoms with Crippen molar-refractivity contribution in [2.45, 2.75) is 57.7 Å². The highest BCUT2D eigenvalue weighted by Gasteiger charge is 2.36. The second-order valence-corrected chi connectivity index (χ2v) is 15.6. The van der Waals surface area contributed by atoms with Gasteiger partial charge in [-0.15, -0.1) is 0 Å². The molecule has 13 nitrogen and oxygen atoms in total. The van der Waals surface area contributed by atoms with Crippen molar-refractivity contribution in [3.8, 4) is 11.1 Å². The zero-order valence-corrected chi connectivity index (χ0v) is 33.1. The monoisotopic (exact) mass is 790 g/mol. The van der Waals surface area contributed by atoms with Crippen LogP contribution in [0, 0.1) is 5.92 Å². The average molecular weight is 791 g/mol. The predicted octanol–water partition coefficient (Wildman–Crippen LogP) is 7.44. The van der Waals surface area contributed by atoms with E-state index < -0.39 is 12.1 Å². The number of hydrogen-bond acceptors (Lipinski definition) is 7. The molecule has 1 unspecified atom stereocenters. The normalized spacial score (nSPS) is 15.8.